The molecule has 1 saturated heterocycles. The minimum atomic E-state index is -0.542. The summed E-state index contributed by atoms with van der Waals surface area (Å²) in [6.07, 6.45) is 6.80. The Kier molecular flexibility index (Phi) is 6.92. The van der Waals surface area contributed by atoms with Crippen LogP contribution in [0.25, 0.3) is 6.08 Å². The Balaban J connectivity index is 1.44. The van der Waals surface area contributed by atoms with E-state index in [-0.39, 0.29) is 11.8 Å². The van der Waals surface area contributed by atoms with Gasteiger partial charge in [-0.2, -0.15) is 0 Å². The van der Waals surface area contributed by atoms with Crippen LogP contribution in [-0.4, -0.2) is 58.8 Å². The highest BCUT2D eigenvalue weighted by atomic mass is 16.2. The number of nitrogens with one attached hydrogen (secondary N) is 1. The van der Waals surface area contributed by atoms with Crippen LogP contribution < -0.4 is 5.32 Å². The summed E-state index contributed by atoms with van der Waals surface area (Å²) >= 11 is 0. The van der Waals surface area contributed by atoms with Gasteiger partial charge in [-0.1, -0.05) is 30.3 Å². The molecule has 0 bridgehead atoms. The van der Waals surface area contributed by atoms with Crippen molar-refractivity contribution < 1.29 is 9.59 Å². The maximum atomic E-state index is 12.6. The van der Waals surface area contributed by atoms with Crippen LogP contribution >= 0.6 is 0 Å². The Labute approximate surface area is 165 Å². The molecule has 0 radical (unpaired) electrons. The summed E-state index contributed by atoms with van der Waals surface area (Å²) < 4.78 is 0. The minimum Gasteiger partial charge on any atom is -0.341 e. The number of pyridine rings is 1. The van der Waals surface area contributed by atoms with Crippen molar-refractivity contribution in [3.05, 3.63) is 72.1 Å². The van der Waals surface area contributed by atoms with Gasteiger partial charge in [-0.05, 0) is 36.3 Å². The monoisotopic (exact) mass is 378 g/mol. The van der Waals surface area contributed by atoms with E-state index in [1.165, 1.54) is 11.6 Å². The summed E-state index contributed by atoms with van der Waals surface area (Å²) in [5.74, 6) is -0.300. The highest BCUT2D eigenvalue weighted by Crippen LogP contribution is 2.09. The third kappa shape index (κ3) is 5.76. The second-order valence-electron chi connectivity index (χ2n) is 6.93. The molecule has 1 aliphatic rings. The largest absolute Gasteiger partial charge is 0.341 e. The summed E-state index contributed by atoms with van der Waals surface area (Å²) in [6.45, 7) is 5.58. The highest BCUT2D eigenvalue weighted by Gasteiger charge is 2.25. The molecule has 1 fully saturated rings. The molecule has 1 aromatic heterocycles. The molecule has 0 saturated carbocycles. The number of benzene rings is 1. The van der Waals surface area contributed by atoms with Crippen LogP contribution in [0.1, 0.15) is 18.1 Å². The lowest BCUT2D eigenvalue weighted by molar-refractivity contribution is -0.136. The number of carbonyl (C=O) groups excluding carboxylic acids is 2. The molecule has 0 spiro atoms. The van der Waals surface area contributed by atoms with E-state index in [0.717, 1.165) is 25.2 Å². The fourth-order valence-corrected chi connectivity index (χ4v) is 3.21. The maximum absolute atomic E-state index is 12.6. The van der Waals surface area contributed by atoms with Crippen molar-refractivity contribution in [1.82, 2.24) is 20.1 Å². The van der Waals surface area contributed by atoms with Gasteiger partial charge in [-0.3, -0.25) is 19.5 Å². The number of amides is 2. The molecule has 2 heterocycles. The van der Waals surface area contributed by atoms with Gasteiger partial charge < -0.3 is 10.2 Å². The van der Waals surface area contributed by atoms with Crippen molar-refractivity contribution in [2.45, 2.75) is 19.5 Å². The Morgan fingerprint density at radius 3 is 2.43 bits per heavy atom. The lowest BCUT2D eigenvalue weighted by atomic mass is 10.2. The molecule has 1 aliphatic heterocycles. The van der Waals surface area contributed by atoms with E-state index in [0.29, 0.717) is 13.1 Å². The quantitative estimate of drug-likeness (QED) is 0.781. The minimum absolute atomic E-state index is 0.0370. The van der Waals surface area contributed by atoms with E-state index in [1.54, 1.807) is 25.4 Å². The molecule has 6 nitrogen and oxygen atoms in total. The molecule has 2 amide bonds. The molecular formula is C22H26N4O2. The summed E-state index contributed by atoms with van der Waals surface area (Å²) in [6, 6.07) is 13.1. The third-order valence-corrected chi connectivity index (χ3v) is 4.80. The van der Waals surface area contributed by atoms with Crippen LogP contribution in [-0.2, 0) is 16.1 Å². The van der Waals surface area contributed by atoms with Crippen LogP contribution in [0.5, 0.6) is 0 Å². The van der Waals surface area contributed by atoms with E-state index in [4.69, 9.17) is 0 Å². The summed E-state index contributed by atoms with van der Waals surface area (Å²) in [5, 5.41) is 2.76. The van der Waals surface area contributed by atoms with Gasteiger partial charge in [0.1, 0.15) is 6.04 Å². The number of hydrogen-bond acceptors (Lipinski definition) is 4. The molecule has 3 rings (SSSR count). The summed E-state index contributed by atoms with van der Waals surface area (Å²) in [7, 11) is 0. The number of aromatic nitrogens is 1. The van der Waals surface area contributed by atoms with Crippen molar-refractivity contribution in [2.24, 2.45) is 0 Å². The molecule has 146 valence electrons. The fraction of sp³-hybridized carbons (Fsp3) is 0.318. The summed E-state index contributed by atoms with van der Waals surface area (Å²) in [4.78, 5) is 32.9. The number of hydrogen-bond donors (Lipinski definition) is 1. The second kappa shape index (κ2) is 9.80. The van der Waals surface area contributed by atoms with Crippen LogP contribution in [0.15, 0.2) is 60.9 Å². The molecular weight excluding hydrogens is 352 g/mol. The van der Waals surface area contributed by atoms with Crippen LogP contribution in [0.4, 0.5) is 0 Å². The first-order valence-corrected chi connectivity index (χ1v) is 9.55. The molecule has 0 aliphatic carbocycles. The van der Waals surface area contributed by atoms with Gasteiger partial charge in [0, 0.05) is 51.2 Å². The Morgan fingerprint density at radius 2 is 1.75 bits per heavy atom. The van der Waals surface area contributed by atoms with Crippen LogP contribution in [0, 0.1) is 0 Å². The SMILES string of the molecule is C[C@H](NC(=O)/C=C/c1ccccc1)C(=O)N1CCN(Cc2ccncc2)CC1. The van der Waals surface area contributed by atoms with E-state index in [2.05, 4.69) is 15.2 Å². The molecule has 28 heavy (non-hydrogen) atoms. The first-order valence-electron chi connectivity index (χ1n) is 9.55. The van der Waals surface area contributed by atoms with Crippen molar-refractivity contribution in [2.75, 3.05) is 26.2 Å². The first-order chi connectivity index (χ1) is 13.6. The number of nitrogens with zero attached hydrogens (tertiary/aromatic N) is 3. The van der Waals surface area contributed by atoms with Gasteiger partial charge in [-0.15, -0.1) is 0 Å². The normalized spacial score (nSPS) is 16.1. The Bertz CT molecular complexity index is 800. The van der Waals surface area contributed by atoms with E-state index >= 15 is 0 Å². The van der Waals surface area contributed by atoms with Gasteiger partial charge in [0.15, 0.2) is 0 Å². The zero-order chi connectivity index (χ0) is 19.8. The molecule has 1 N–H and O–H groups in total. The molecule has 6 heteroatoms. The lowest BCUT2D eigenvalue weighted by Crippen LogP contribution is -2.53. The Morgan fingerprint density at radius 1 is 1.07 bits per heavy atom. The van der Waals surface area contributed by atoms with Crippen LogP contribution in [0.2, 0.25) is 0 Å². The number of rotatable bonds is 6. The average Bonchev–Trinajstić information content (AvgIpc) is 2.74. The van der Waals surface area contributed by atoms with Gasteiger partial charge in [0.2, 0.25) is 11.8 Å². The zero-order valence-corrected chi connectivity index (χ0v) is 16.1. The van der Waals surface area contributed by atoms with E-state index in [1.807, 2.05) is 47.4 Å². The van der Waals surface area contributed by atoms with Gasteiger partial charge in [0.05, 0.1) is 0 Å². The predicted molar refractivity (Wildman–Crippen MR) is 109 cm³/mol. The standard InChI is InChI=1S/C22H26N4O2/c1-18(24-21(27)8-7-19-5-3-2-4-6-19)22(28)26-15-13-25(14-16-26)17-20-9-11-23-12-10-20/h2-12,18H,13-17H2,1H3,(H,24,27)/b8-7+/t18-/m0/s1. The molecule has 1 aromatic carbocycles. The first kappa shape index (κ1) is 19.8. The Hall–Kier alpha value is -2.99. The smallest absolute Gasteiger partial charge is 0.244 e. The van der Waals surface area contributed by atoms with Crippen LogP contribution in [0.3, 0.4) is 0 Å². The fourth-order valence-electron chi connectivity index (χ4n) is 3.21. The van der Waals surface area contributed by atoms with E-state index < -0.39 is 6.04 Å². The van der Waals surface area contributed by atoms with Gasteiger partial charge >= 0.3 is 0 Å². The highest BCUT2D eigenvalue weighted by molar-refractivity contribution is 5.95. The molecule has 0 unspecified atom stereocenters. The van der Waals surface area contributed by atoms with Crippen molar-refractivity contribution in [3.63, 3.8) is 0 Å². The molecule has 1 atom stereocenters. The lowest BCUT2D eigenvalue weighted by Gasteiger charge is -2.36. The number of carbonyl (C=O) groups is 2. The van der Waals surface area contributed by atoms with Crippen molar-refractivity contribution in [3.8, 4) is 0 Å². The topological polar surface area (TPSA) is 65.5 Å². The van der Waals surface area contributed by atoms with Crippen molar-refractivity contribution in [1.29, 1.82) is 0 Å². The second-order valence-corrected chi connectivity index (χ2v) is 6.93. The van der Waals surface area contributed by atoms with E-state index in [9.17, 15) is 9.59 Å². The predicted octanol–water partition coefficient (Wildman–Crippen LogP) is 1.94. The zero-order valence-electron chi connectivity index (χ0n) is 16.1. The van der Waals surface area contributed by atoms with Gasteiger partial charge in [-0.25, -0.2) is 0 Å². The third-order valence-electron chi connectivity index (χ3n) is 4.80. The summed E-state index contributed by atoms with van der Waals surface area (Å²) in [5.41, 5.74) is 2.17. The molecule has 2 aromatic rings. The van der Waals surface area contributed by atoms with Gasteiger partial charge in [0.25, 0.3) is 0 Å². The maximum Gasteiger partial charge on any atom is 0.244 e. The number of piperazine rings is 1. The van der Waals surface area contributed by atoms with Crippen molar-refractivity contribution >= 4 is 17.9 Å². The average molecular weight is 378 g/mol.